The highest BCUT2D eigenvalue weighted by atomic mass is 35.5. The van der Waals surface area contributed by atoms with E-state index in [2.05, 4.69) is 4.90 Å². The number of hydrogen-bond acceptors (Lipinski definition) is 4. The number of nitro benzene ring substituents is 1. The van der Waals surface area contributed by atoms with Gasteiger partial charge in [-0.1, -0.05) is 11.6 Å². The van der Waals surface area contributed by atoms with E-state index in [1.807, 2.05) is 0 Å². The van der Waals surface area contributed by atoms with Crippen LogP contribution < -0.4 is 9.64 Å². The number of anilines is 1. The number of hydrogen-bond donors (Lipinski definition) is 0. The lowest BCUT2D eigenvalue weighted by atomic mass is 10.1. The number of rotatable bonds is 4. The Balaban J connectivity index is 2.38. The molecule has 0 amide bonds. The molecule has 0 atom stereocenters. The summed E-state index contributed by atoms with van der Waals surface area (Å²) in [6.07, 6.45) is 3.43. The summed E-state index contributed by atoms with van der Waals surface area (Å²) < 4.78 is 5.28. The molecule has 5 nitrogen and oxygen atoms in total. The Hall–Kier alpha value is -1.49. The van der Waals surface area contributed by atoms with E-state index in [1.165, 1.54) is 6.42 Å². The van der Waals surface area contributed by atoms with Crippen molar-refractivity contribution in [3.63, 3.8) is 0 Å². The number of ether oxygens (including phenoxy) is 1. The maximum absolute atomic E-state index is 11.1. The highest BCUT2D eigenvalue weighted by molar-refractivity contribution is 6.32. The van der Waals surface area contributed by atoms with Gasteiger partial charge in [-0.05, 0) is 32.3 Å². The second kappa shape index (κ2) is 6.10. The molecule has 1 aromatic carbocycles. The maximum Gasteiger partial charge on any atom is 0.314 e. The Morgan fingerprint density at radius 3 is 2.63 bits per heavy atom. The van der Waals surface area contributed by atoms with Gasteiger partial charge in [-0.3, -0.25) is 10.1 Å². The number of halogens is 1. The normalized spacial score (nSPS) is 15.4. The van der Waals surface area contributed by atoms with Crippen LogP contribution in [0.25, 0.3) is 0 Å². The van der Waals surface area contributed by atoms with Crippen molar-refractivity contribution >= 4 is 23.0 Å². The molecule has 1 heterocycles. The molecule has 1 saturated heterocycles. The lowest BCUT2D eigenvalue weighted by Crippen LogP contribution is -2.29. The van der Waals surface area contributed by atoms with Crippen molar-refractivity contribution in [1.29, 1.82) is 0 Å². The largest absolute Gasteiger partial charge is 0.486 e. The number of nitrogens with zero attached hydrogens (tertiary/aromatic N) is 2. The van der Waals surface area contributed by atoms with Crippen LogP contribution in [0.4, 0.5) is 11.4 Å². The first-order valence-corrected chi connectivity index (χ1v) is 6.87. The average Bonchev–Trinajstić information content (AvgIpc) is 2.41. The van der Waals surface area contributed by atoms with Crippen molar-refractivity contribution in [3.05, 3.63) is 27.3 Å². The zero-order chi connectivity index (χ0) is 13.8. The van der Waals surface area contributed by atoms with Gasteiger partial charge in [0.25, 0.3) is 0 Å². The van der Waals surface area contributed by atoms with Gasteiger partial charge in [-0.2, -0.15) is 0 Å². The molecule has 1 fully saturated rings. The van der Waals surface area contributed by atoms with Gasteiger partial charge in [-0.15, -0.1) is 0 Å². The second-order valence-electron chi connectivity index (χ2n) is 4.51. The molecule has 0 unspecified atom stereocenters. The first-order chi connectivity index (χ1) is 9.13. The minimum Gasteiger partial charge on any atom is -0.486 e. The van der Waals surface area contributed by atoms with E-state index in [9.17, 15) is 10.1 Å². The summed E-state index contributed by atoms with van der Waals surface area (Å²) in [5.74, 6) is 0.162. The van der Waals surface area contributed by atoms with Gasteiger partial charge in [0.2, 0.25) is 5.75 Å². The van der Waals surface area contributed by atoms with Crippen LogP contribution in [-0.4, -0.2) is 24.6 Å². The van der Waals surface area contributed by atoms with Crippen LogP contribution in [-0.2, 0) is 0 Å². The lowest BCUT2D eigenvalue weighted by molar-refractivity contribution is -0.385. The van der Waals surface area contributed by atoms with Gasteiger partial charge in [-0.25, -0.2) is 0 Å². The quantitative estimate of drug-likeness (QED) is 0.626. The molecule has 104 valence electrons. The maximum atomic E-state index is 11.1. The van der Waals surface area contributed by atoms with E-state index in [4.69, 9.17) is 16.3 Å². The number of nitro groups is 1. The molecule has 1 aliphatic rings. The zero-order valence-corrected chi connectivity index (χ0v) is 11.7. The molecule has 1 aromatic rings. The Labute approximate surface area is 117 Å². The van der Waals surface area contributed by atoms with Gasteiger partial charge >= 0.3 is 5.69 Å². The van der Waals surface area contributed by atoms with Crippen molar-refractivity contribution in [2.24, 2.45) is 0 Å². The van der Waals surface area contributed by atoms with Crippen LogP contribution >= 0.6 is 11.6 Å². The molecule has 2 rings (SSSR count). The first-order valence-electron chi connectivity index (χ1n) is 6.49. The summed E-state index contributed by atoms with van der Waals surface area (Å²) >= 11 is 6.12. The van der Waals surface area contributed by atoms with Crippen molar-refractivity contribution < 1.29 is 9.66 Å². The zero-order valence-electron chi connectivity index (χ0n) is 10.9. The summed E-state index contributed by atoms with van der Waals surface area (Å²) in [6, 6.07) is 3.31. The number of piperidine rings is 1. The van der Waals surface area contributed by atoms with Gasteiger partial charge in [0.05, 0.1) is 16.6 Å². The van der Waals surface area contributed by atoms with Crippen molar-refractivity contribution in [2.75, 3.05) is 24.6 Å². The molecular weight excluding hydrogens is 268 g/mol. The minimum absolute atomic E-state index is 0.0603. The molecule has 0 aromatic heterocycles. The summed E-state index contributed by atoms with van der Waals surface area (Å²) in [5, 5.41) is 11.4. The van der Waals surface area contributed by atoms with Crippen LogP contribution in [0.1, 0.15) is 26.2 Å². The van der Waals surface area contributed by atoms with Crippen LogP contribution in [0.15, 0.2) is 12.1 Å². The van der Waals surface area contributed by atoms with Crippen LogP contribution in [0, 0.1) is 10.1 Å². The van der Waals surface area contributed by atoms with Gasteiger partial charge in [0.1, 0.15) is 0 Å². The van der Waals surface area contributed by atoms with Gasteiger partial charge in [0.15, 0.2) is 0 Å². The molecule has 0 N–H and O–H groups in total. The van der Waals surface area contributed by atoms with E-state index in [0.717, 1.165) is 31.6 Å². The predicted octanol–water partition coefficient (Wildman–Crippen LogP) is 3.64. The van der Waals surface area contributed by atoms with Crippen molar-refractivity contribution in [2.45, 2.75) is 26.2 Å². The highest BCUT2D eigenvalue weighted by Crippen LogP contribution is 2.39. The summed E-state index contributed by atoms with van der Waals surface area (Å²) in [4.78, 5) is 12.8. The topological polar surface area (TPSA) is 55.6 Å². The van der Waals surface area contributed by atoms with Crippen molar-refractivity contribution in [3.8, 4) is 5.75 Å². The van der Waals surface area contributed by atoms with Crippen LogP contribution in [0.2, 0.25) is 5.02 Å². The highest BCUT2D eigenvalue weighted by Gasteiger charge is 2.23. The van der Waals surface area contributed by atoms with Crippen molar-refractivity contribution in [1.82, 2.24) is 0 Å². The molecule has 0 bridgehead atoms. The minimum atomic E-state index is -0.440. The molecule has 0 spiro atoms. The third-order valence-corrected chi connectivity index (χ3v) is 3.50. The standard InChI is InChI=1S/C13H17ClN2O3/c1-2-19-13-11(14)8-10(9-12(13)16(17)18)15-6-4-3-5-7-15/h8-9H,2-7H2,1H3. The van der Waals surface area contributed by atoms with Crippen LogP contribution in [0.5, 0.6) is 5.75 Å². The molecule has 0 saturated carbocycles. The fourth-order valence-electron chi connectivity index (χ4n) is 2.32. The Bertz CT molecular complexity index is 473. The SMILES string of the molecule is CCOc1c(Cl)cc(N2CCCCC2)cc1[N+](=O)[O-]. The monoisotopic (exact) mass is 284 g/mol. The summed E-state index contributed by atoms with van der Waals surface area (Å²) in [7, 11) is 0. The Morgan fingerprint density at radius 2 is 2.05 bits per heavy atom. The fourth-order valence-corrected chi connectivity index (χ4v) is 2.59. The molecule has 0 aliphatic carbocycles. The first kappa shape index (κ1) is 13.9. The molecule has 0 radical (unpaired) electrons. The van der Waals surface area contributed by atoms with Gasteiger partial charge in [0, 0.05) is 24.8 Å². The van der Waals surface area contributed by atoms with Crippen LogP contribution in [0.3, 0.4) is 0 Å². The summed E-state index contributed by atoms with van der Waals surface area (Å²) in [6.45, 7) is 3.96. The fraction of sp³-hybridized carbons (Fsp3) is 0.538. The van der Waals surface area contributed by atoms with E-state index < -0.39 is 4.92 Å². The molecule has 6 heteroatoms. The summed E-state index contributed by atoms with van der Waals surface area (Å²) in [5.41, 5.74) is 0.745. The average molecular weight is 285 g/mol. The molecule has 19 heavy (non-hydrogen) atoms. The van der Waals surface area contributed by atoms with E-state index in [-0.39, 0.29) is 11.4 Å². The molecular formula is C13H17ClN2O3. The van der Waals surface area contributed by atoms with E-state index in [0.29, 0.717) is 11.6 Å². The third-order valence-electron chi connectivity index (χ3n) is 3.22. The Morgan fingerprint density at radius 1 is 1.37 bits per heavy atom. The van der Waals surface area contributed by atoms with E-state index in [1.54, 1.807) is 19.1 Å². The smallest absolute Gasteiger partial charge is 0.314 e. The predicted molar refractivity (Wildman–Crippen MR) is 75.3 cm³/mol. The third kappa shape index (κ3) is 3.10. The Kier molecular flexibility index (Phi) is 4.47. The van der Waals surface area contributed by atoms with Gasteiger partial charge < -0.3 is 9.64 Å². The van der Waals surface area contributed by atoms with E-state index >= 15 is 0 Å². The second-order valence-corrected chi connectivity index (χ2v) is 4.92. The lowest BCUT2D eigenvalue weighted by Gasteiger charge is -2.29. The molecule has 1 aliphatic heterocycles. The number of benzene rings is 1.